The van der Waals surface area contributed by atoms with Gasteiger partial charge in [0.1, 0.15) is 11.8 Å². The van der Waals surface area contributed by atoms with Crippen molar-refractivity contribution in [2.24, 2.45) is 0 Å². The van der Waals surface area contributed by atoms with Crippen molar-refractivity contribution in [1.29, 1.82) is 0 Å². The fourth-order valence-electron chi connectivity index (χ4n) is 1.20. The lowest BCUT2D eigenvalue weighted by Crippen LogP contribution is -2.42. The van der Waals surface area contributed by atoms with Crippen LogP contribution in [0.25, 0.3) is 0 Å². The van der Waals surface area contributed by atoms with Gasteiger partial charge < -0.3 is 14.7 Å². The molecule has 104 valence electrons. The van der Waals surface area contributed by atoms with E-state index in [1.165, 1.54) is 20.0 Å². The van der Waals surface area contributed by atoms with Crippen LogP contribution in [0.15, 0.2) is 18.2 Å². The summed E-state index contributed by atoms with van der Waals surface area (Å²) < 4.78 is 5.23. The molecule has 1 atom stereocenters. The summed E-state index contributed by atoms with van der Waals surface area (Å²) >= 11 is 11.5. The molecular formula is C12H13Cl2NO4. The second-order valence-electron chi connectivity index (χ2n) is 3.88. The largest absolute Gasteiger partial charge is 0.484 e. The van der Waals surface area contributed by atoms with E-state index in [2.05, 4.69) is 0 Å². The molecule has 0 aliphatic heterocycles. The van der Waals surface area contributed by atoms with Crippen LogP contribution < -0.4 is 4.74 Å². The Balaban J connectivity index is 2.59. The summed E-state index contributed by atoms with van der Waals surface area (Å²) in [6.07, 6.45) is 0. The third-order valence-corrected chi connectivity index (χ3v) is 3.32. The van der Waals surface area contributed by atoms with E-state index >= 15 is 0 Å². The van der Waals surface area contributed by atoms with Crippen molar-refractivity contribution in [3.05, 3.63) is 28.2 Å². The number of carboxylic acids is 1. The first-order chi connectivity index (χ1) is 8.82. The fraction of sp³-hybridized carbons (Fsp3) is 0.333. The van der Waals surface area contributed by atoms with Crippen molar-refractivity contribution < 1.29 is 19.4 Å². The average molecular weight is 306 g/mol. The number of hydrogen-bond donors (Lipinski definition) is 1. The highest BCUT2D eigenvalue weighted by Crippen LogP contribution is 2.26. The minimum Gasteiger partial charge on any atom is -0.484 e. The molecule has 5 nitrogen and oxygen atoms in total. The molecular weight excluding hydrogens is 293 g/mol. The molecule has 0 aromatic heterocycles. The first-order valence-electron chi connectivity index (χ1n) is 5.39. The van der Waals surface area contributed by atoms with Gasteiger partial charge in [0.25, 0.3) is 5.91 Å². The minimum absolute atomic E-state index is 0.272. The third kappa shape index (κ3) is 4.29. The van der Waals surface area contributed by atoms with Gasteiger partial charge in [-0.25, -0.2) is 4.79 Å². The molecule has 0 bridgehead atoms. The predicted molar refractivity (Wildman–Crippen MR) is 71.8 cm³/mol. The molecule has 1 N–H and O–H groups in total. The van der Waals surface area contributed by atoms with Crippen LogP contribution >= 0.6 is 23.2 Å². The number of carbonyl (C=O) groups is 2. The molecule has 0 aliphatic carbocycles. The number of nitrogens with zero attached hydrogens (tertiary/aromatic N) is 1. The van der Waals surface area contributed by atoms with Crippen molar-refractivity contribution in [2.45, 2.75) is 13.0 Å². The molecule has 0 fully saturated rings. The number of halogens is 2. The van der Waals surface area contributed by atoms with Gasteiger partial charge in [-0.2, -0.15) is 0 Å². The molecule has 19 heavy (non-hydrogen) atoms. The smallest absolute Gasteiger partial charge is 0.326 e. The first kappa shape index (κ1) is 15.6. The normalized spacial score (nSPS) is 11.8. The van der Waals surface area contributed by atoms with E-state index in [1.54, 1.807) is 12.1 Å². The Kier molecular flexibility index (Phi) is 5.44. The highest BCUT2D eigenvalue weighted by atomic mass is 35.5. The average Bonchev–Trinajstić information content (AvgIpc) is 2.37. The van der Waals surface area contributed by atoms with Crippen molar-refractivity contribution in [2.75, 3.05) is 13.7 Å². The Bertz CT molecular complexity index is 493. The monoisotopic (exact) mass is 305 g/mol. The van der Waals surface area contributed by atoms with E-state index in [0.717, 1.165) is 4.90 Å². The van der Waals surface area contributed by atoms with Crippen molar-refractivity contribution in [3.63, 3.8) is 0 Å². The fourth-order valence-corrected chi connectivity index (χ4v) is 1.48. The summed E-state index contributed by atoms with van der Waals surface area (Å²) in [6.45, 7) is 1.14. The van der Waals surface area contributed by atoms with E-state index < -0.39 is 17.9 Å². The highest BCUT2D eigenvalue weighted by molar-refractivity contribution is 6.42. The predicted octanol–water partition coefficient (Wildman–Crippen LogP) is 2.30. The van der Waals surface area contributed by atoms with Gasteiger partial charge in [-0.1, -0.05) is 23.2 Å². The lowest BCUT2D eigenvalue weighted by Gasteiger charge is -2.21. The number of carbonyl (C=O) groups excluding carboxylic acids is 1. The van der Waals surface area contributed by atoms with E-state index in [0.29, 0.717) is 15.8 Å². The number of rotatable bonds is 5. The Labute approximate surface area is 120 Å². The zero-order valence-electron chi connectivity index (χ0n) is 10.4. The number of hydrogen-bond acceptors (Lipinski definition) is 3. The summed E-state index contributed by atoms with van der Waals surface area (Å²) in [4.78, 5) is 23.5. The van der Waals surface area contributed by atoms with Crippen LogP contribution in [0.3, 0.4) is 0 Å². The van der Waals surface area contributed by atoms with Gasteiger partial charge in [-0.05, 0) is 19.1 Å². The van der Waals surface area contributed by atoms with Crippen molar-refractivity contribution >= 4 is 35.1 Å². The number of carboxylic acid groups (broad SMARTS) is 1. The summed E-state index contributed by atoms with van der Waals surface area (Å²) in [6, 6.07) is 3.69. The topological polar surface area (TPSA) is 66.8 Å². The third-order valence-electron chi connectivity index (χ3n) is 2.59. The molecule has 1 aromatic carbocycles. The molecule has 1 aromatic rings. The molecule has 7 heteroatoms. The first-order valence-corrected chi connectivity index (χ1v) is 6.15. The van der Waals surface area contributed by atoms with Gasteiger partial charge in [0, 0.05) is 13.1 Å². The SMILES string of the molecule is CC(C(=O)O)N(C)C(=O)COc1ccc(Cl)c(Cl)c1. The molecule has 1 rings (SSSR count). The van der Waals surface area contributed by atoms with E-state index in [-0.39, 0.29) is 6.61 Å². The van der Waals surface area contributed by atoms with Gasteiger partial charge in [-0.15, -0.1) is 0 Å². The number of benzene rings is 1. The summed E-state index contributed by atoms with van der Waals surface area (Å²) in [7, 11) is 1.40. The molecule has 0 saturated carbocycles. The van der Waals surface area contributed by atoms with Crippen molar-refractivity contribution in [1.82, 2.24) is 4.90 Å². The second-order valence-corrected chi connectivity index (χ2v) is 4.70. The molecule has 0 radical (unpaired) electrons. The Hall–Kier alpha value is -1.46. The summed E-state index contributed by atoms with van der Waals surface area (Å²) in [5, 5.41) is 9.49. The number of likely N-dealkylation sites (N-methyl/N-ethyl adjacent to an activating group) is 1. The molecule has 0 saturated heterocycles. The van der Waals surface area contributed by atoms with Gasteiger partial charge in [0.15, 0.2) is 6.61 Å². The van der Waals surface area contributed by atoms with E-state index in [9.17, 15) is 9.59 Å². The highest BCUT2D eigenvalue weighted by Gasteiger charge is 2.21. The van der Waals surface area contributed by atoms with E-state index in [4.69, 9.17) is 33.0 Å². The second kappa shape index (κ2) is 6.63. The molecule has 0 heterocycles. The Morgan fingerprint density at radius 3 is 2.53 bits per heavy atom. The van der Waals surface area contributed by atoms with Gasteiger partial charge >= 0.3 is 5.97 Å². The molecule has 0 spiro atoms. The Morgan fingerprint density at radius 1 is 1.37 bits per heavy atom. The van der Waals surface area contributed by atoms with Gasteiger partial charge in [0.2, 0.25) is 0 Å². The number of ether oxygens (including phenoxy) is 1. The molecule has 0 aliphatic rings. The Morgan fingerprint density at radius 2 is 2.00 bits per heavy atom. The number of aliphatic carboxylic acids is 1. The number of amides is 1. The quantitative estimate of drug-likeness (QED) is 0.906. The van der Waals surface area contributed by atoms with Gasteiger partial charge in [0.05, 0.1) is 10.0 Å². The summed E-state index contributed by atoms with van der Waals surface area (Å²) in [5.41, 5.74) is 0. The standard InChI is InChI=1S/C12H13Cl2NO4/c1-7(12(17)18)15(2)11(16)6-19-8-3-4-9(13)10(14)5-8/h3-5,7H,6H2,1-2H3,(H,17,18). The zero-order chi connectivity index (χ0) is 14.6. The molecule has 1 unspecified atom stereocenters. The van der Waals surface area contributed by atoms with Crippen LogP contribution in [0.2, 0.25) is 10.0 Å². The molecule has 1 amide bonds. The van der Waals surface area contributed by atoms with Gasteiger partial charge in [-0.3, -0.25) is 4.79 Å². The summed E-state index contributed by atoms with van der Waals surface area (Å²) in [5.74, 6) is -1.13. The zero-order valence-corrected chi connectivity index (χ0v) is 11.9. The van der Waals surface area contributed by atoms with Crippen LogP contribution in [0.1, 0.15) is 6.92 Å². The maximum atomic E-state index is 11.7. The van der Waals surface area contributed by atoms with Crippen molar-refractivity contribution in [3.8, 4) is 5.75 Å². The van der Waals surface area contributed by atoms with Crippen LogP contribution in [0.5, 0.6) is 5.75 Å². The maximum Gasteiger partial charge on any atom is 0.326 e. The lowest BCUT2D eigenvalue weighted by molar-refractivity contribution is -0.148. The van der Waals surface area contributed by atoms with Crippen LogP contribution in [0, 0.1) is 0 Å². The minimum atomic E-state index is -1.08. The van der Waals surface area contributed by atoms with Crippen LogP contribution in [-0.4, -0.2) is 41.6 Å². The van der Waals surface area contributed by atoms with Crippen LogP contribution in [0.4, 0.5) is 0 Å². The lowest BCUT2D eigenvalue weighted by atomic mass is 10.3. The maximum absolute atomic E-state index is 11.7. The van der Waals surface area contributed by atoms with E-state index in [1.807, 2.05) is 0 Å². The van der Waals surface area contributed by atoms with Crippen LogP contribution in [-0.2, 0) is 9.59 Å².